The molecule has 4 nitrogen and oxygen atoms in total. The van der Waals surface area contributed by atoms with Gasteiger partial charge >= 0.3 is 12.1 Å². The van der Waals surface area contributed by atoms with Gasteiger partial charge in [0.05, 0.1) is 11.3 Å². The molecule has 0 bridgehead atoms. The minimum Gasteiger partial charge on any atom is -0.476 e. The van der Waals surface area contributed by atoms with Gasteiger partial charge in [-0.15, -0.1) is 0 Å². The molecule has 0 amide bonds. The Kier molecular flexibility index (Phi) is 3.55. The minimum atomic E-state index is -4.64. The zero-order valence-corrected chi connectivity index (χ0v) is 8.21. The van der Waals surface area contributed by atoms with Gasteiger partial charge in [0.25, 0.3) is 0 Å². The summed E-state index contributed by atoms with van der Waals surface area (Å²) in [6.45, 7) is 0. The number of carboxylic acid groups (broad SMARTS) is 1. The first-order valence-electron chi connectivity index (χ1n) is 4.28. The zero-order valence-electron chi connectivity index (χ0n) is 8.21. The Morgan fingerprint density at radius 2 is 1.88 bits per heavy atom. The molecular formula is C10H6F3NO3. The summed E-state index contributed by atoms with van der Waals surface area (Å²) in [5.74, 6) is -0.666. The van der Waals surface area contributed by atoms with Crippen LogP contribution in [0.25, 0.3) is 0 Å². The normalized spacial score (nSPS) is 10.5. The van der Waals surface area contributed by atoms with Gasteiger partial charge in [0, 0.05) is 0 Å². The fourth-order valence-electron chi connectivity index (χ4n) is 1.10. The fraction of sp³-hybridized carbons (Fsp3) is 0.100. The van der Waals surface area contributed by atoms with Gasteiger partial charge in [-0.3, -0.25) is 0 Å². The monoisotopic (exact) mass is 245 g/mol. The number of anilines is 1. The molecule has 1 rings (SSSR count). The highest BCUT2D eigenvalue weighted by Crippen LogP contribution is 2.34. The van der Waals surface area contributed by atoms with Crippen molar-refractivity contribution >= 4 is 17.6 Å². The van der Waals surface area contributed by atoms with Gasteiger partial charge in [-0.1, -0.05) is 12.1 Å². The molecule has 2 N–H and O–H groups in total. The van der Waals surface area contributed by atoms with Crippen molar-refractivity contribution in [3.05, 3.63) is 35.5 Å². The third-order valence-corrected chi connectivity index (χ3v) is 1.81. The van der Waals surface area contributed by atoms with Crippen molar-refractivity contribution in [2.45, 2.75) is 6.18 Å². The van der Waals surface area contributed by atoms with Gasteiger partial charge in [0.15, 0.2) is 5.94 Å². The molecule has 90 valence electrons. The van der Waals surface area contributed by atoms with Crippen molar-refractivity contribution in [1.29, 1.82) is 0 Å². The number of carbonyl (C=O) groups is 1. The van der Waals surface area contributed by atoms with Crippen molar-refractivity contribution in [3.63, 3.8) is 0 Å². The molecular weight excluding hydrogens is 239 g/mol. The second-order valence-electron chi connectivity index (χ2n) is 2.95. The van der Waals surface area contributed by atoms with Crippen LogP contribution in [0, 0.1) is 0 Å². The van der Waals surface area contributed by atoms with Crippen molar-refractivity contribution < 1.29 is 27.9 Å². The Morgan fingerprint density at radius 1 is 1.29 bits per heavy atom. The average Bonchev–Trinajstić information content (AvgIpc) is 2.24. The van der Waals surface area contributed by atoms with Crippen LogP contribution in [0.5, 0.6) is 0 Å². The molecule has 1 aromatic carbocycles. The van der Waals surface area contributed by atoms with E-state index in [9.17, 15) is 22.8 Å². The summed E-state index contributed by atoms with van der Waals surface area (Å²) >= 11 is 0. The maximum Gasteiger partial charge on any atom is 0.418 e. The SMILES string of the molecule is O=C=C(Nc1ccccc1C(F)(F)F)C(=O)O. The third-order valence-electron chi connectivity index (χ3n) is 1.81. The van der Waals surface area contributed by atoms with E-state index in [4.69, 9.17) is 5.11 Å². The van der Waals surface area contributed by atoms with Crippen molar-refractivity contribution in [2.75, 3.05) is 5.32 Å². The van der Waals surface area contributed by atoms with Gasteiger partial charge in [-0.2, -0.15) is 13.2 Å². The molecule has 0 aromatic heterocycles. The van der Waals surface area contributed by atoms with Crippen molar-refractivity contribution in [2.24, 2.45) is 0 Å². The molecule has 0 saturated carbocycles. The predicted octanol–water partition coefficient (Wildman–Crippen LogP) is 1.92. The molecule has 0 fully saturated rings. The number of carbonyl (C=O) groups excluding carboxylic acids is 1. The Hall–Kier alpha value is -2.27. The molecule has 0 aliphatic carbocycles. The Bertz CT molecular complexity index is 490. The summed E-state index contributed by atoms with van der Waals surface area (Å²) in [7, 11) is 0. The van der Waals surface area contributed by atoms with E-state index in [0.717, 1.165) is 24.1 Å². The van der Waals surface area contributed by atoms with E-state index in [-0.39, 0.29) is 0 Å². The molecule has 0 aliphatic rings. The number of rotatable bonds is 3. The lowest BCUT2D eigenvalue weighted by molar-refractivity contribution is -0.137. The van der Waals surface area contributed by atoms with E-state index < -0.39 is 29.1 Å². The van der Waals surface area contributed by atoms with E-state index in [1.54, 1.807) is 0 Å². The van der Waals surface area contributed by atoms with E-state index in [2.05, 4.69) is 0 Å². The largest absolute Gasteiger partial charge is 0.476 e. The van der Waals surface area contributed by atoms with Crippen LogP contribution < -0.4 is 5.32 Å². The molecule has 0 unspecified atom stereocenters. The van der Waals surface area contributed by atoms with Gasteiger partial charge in [0.1, 0.15) is 0 Å². The number of benzene rings is 1. The first-order chi connectivity index (χ1) is 7.86. The first kappa shape index (κ1) is 12.8. The van der Waals surface area contributed by atoms with Crippen LogP contribution in [0.15, 0.2) is 30.0 Å². The Balaban J connectivity index is 3.16. The number of nitrogens with one attached hydrogen (secondary N) is 1. The number of alkyl halides is 3. The number of hydrogen-bond donors (Lipinski definition) is 2. The van der Waals surface area contributed by atoms with Crippen molar-refractivity contribution in [1.82, 2.24) is 0 Å². The van der Waals surface area contributed by atoms with Crippen LogP contribution in [0.1, 0.15) is 5.56 Å². The van der Waals surface area contributed by atoms with Gasteiger partial charge in [-0.25, -0.2) is 9.59 Å². The molecule has 0 heterocycles. The first-order valence-corrected chi connectivity index (χ1v) is 4.28. The van der Waals surface area contributed by atoms with Crippen LogP contribution in [0.2, 0.25) is 0 Å². The summed E-state index contributed by atoms with van der Waals surface area (Å²) in [4.78, 5) is 20.7. The summed E-state index contributed by atoms with van der Waals surface area (Å²) in [5, 5.41) is 10.4. The maximum atomic E-state index is 12.5. The molecule has 0 atom stereocenters. The molecule has 0 spiro atoms. The number of hydrogen-bond acceptors (Lipinski definition) is 3. The highest BCUT2D eigenvalue weighted by atomic mass is 19.4. The van der Waals surface area contributed by atoms with Gasteiger partial charge < -0.3 is 10.4 Å². The second-order valence-corrected chi connectivity index (χ2v) is 2.95. The average molecular weight is 245 g/mol. The highest BCUT2D eigenvalue weighted by molar-refractivity contribution is 5.98. The fourth-order valence-corrected chi connectivity index (χ4v) is 1.10. The number of halogens is 3. The maximum absolute atomic E-state index is 12.5. The molecule has 7 heteroatoms. The van der Waals surface area contributed by atoms with Crippen molar-refractivity contribution in [3.8, 4) is 0 Å². The van der Waals surface area contributed by atoms with E-state index in [1.807, 2.05) is 5.32 Å². The predicted molar refractivity (Wildman–Crippen MR) is 51.9 cm³/mol. The highest BCUT2D eigenvalue weighted by Gasteiger charge is 2.33. The molecule has 17 heavy (non-hydrogen) atoms. The summed E-state index contributed by atoms with van der Waals surface area (Å²) in [6.07, 6.45) is -4.64. The summed E-state index contributed by atoms with van der Waals surface area (Å²) in [6, 6.07) is 4.22. The molecule has 0 radical (unpaired) electrons. The lowest BCUT2D eigenvalue weighted by Gasteiger charge is -2.13. The zero-order chi connectivity index (χ0) is 13.1. The minimum absolute atomic E-state index is 0.513. The number of aliphatic carboxylic acids is 1. The third kappa shape index (κ3) is 3.09. The van der Waals surface area contributed by atoms with Gasteiger partial charge in [-0.05, 0) is 12.1 Å². The van der Waals surface area contributed by atoms with Gasteiger partial charge in [0.2, 0.25) is 5.70 Å². The van der Waals surface area contributed by atoms with Crippen LogP contribution in [0.3, 0.4) is 0 Å². The summed E-state index contributed by atoms with van der Waals surface area (Å²) < 4.78 is 37.5. The van der Waals surface area contributed by atoms with Crippen LogP contribution >= 0.6 is 0 Å². The number of carboxylic acids is 1. The smallest absolute Gasteiger partial charge is 0.418 e. The lowest BCUT2D eigenvalue weighted by atomic mass is 10.1. The number of para-hydroxylation sites is 1. The van der Waals surface area contributed by atoms with Crippen LogP contribution in [0.4, 0.5) is 18.9 Å². The van der Waals surface area contributed by atoms with E-state index in [0.29, 0.717) is 0 Å². The standard InChI is InChI=1S/C10H6F3NO3/c11-10(12,13)6-3-1-2-4-7(6)14-8(5-15)9(16)17/h1-4,14H,(H,16,17). The van der Waals surface area contributed by atoms with Crippen LogP contribution in [-0.4, -0.2) is 17.0 Å². The Labute approximate surface area is 93.4 Å². The molecule has 0 saturated heterocycles. The van der Waals surface area contributed by atoms with E-state index in [1.165, 1.54) is 6.07 Å². The van der Waals surface area contributed by atoms with E-state index >= 15 is 0 Å². The molecule has 1 aromatic rings. The Morgan fingerprint density at radius 3 is 2.35 bits per heavy atom. The second kappa shape index (κ2) is 4.71. The topological polar surface area (TPSA) is 66.4 Å². The lowest BCUT2D eigenvalue weighted by Crippen LogP contribution is -2.15. The quantitative estimate of drug-likeness (QED) is 0.630. The van der Waals surface area contributed by atoms with Crippen LogP contribution in [-0.2, 0) is 15.8 Å². The molecule has 0 aliphatic heterocycles. The summed E-state index contributed by atoms with van der Waals surface area (Å²) in [5.41, 5.74) is -2.56.